The highest BCUT2D eigenvalue weighted by atomic mass is 16.6. The summed E-state index contributed by atoms with van der Waals surface area (Å²) in [5.41, 5.74) is -1.69. The first kappa shape index (κ1) is 19.4. The number of ether oxygens (including phenoxy) is 3. The van der Waals surface area contributed by atoms with Crippen LogP contribution in [0.3, 0.4) is 0 Å². The molecule has 2 aromatic rings. The van der Waals surface area contributed by atoms with Crippen LogP contribution in [-0.2, 0) is 9.53 Å². The van der Waals surface area contributed by atoms with Gasteiger partial charge in [-0.15, -0.1) is 0 Å². The number of nitrogens with one attached hydrogen (secondary N) is 1. The van der Waals surface area contributed by atoms with Gasteiger partial charge in [0, 0.05) is 5.56 Å². The van der Waals surface area contributed by atoms with E-state index >= 15 is 0 Å². The molecule has 0 saturated heterocycles. The van der Waals surface area contributed by atoms with Crippen LogP contribution in [0.15, 0.2) is 23.0 Å². The molecule has 2 N–H and O–H groups in total. The van der Waals surface area contributed by atoms with E-state index in [0.29, 0.717) is 11.3 Å². The number of carbonyl (C=O) groups is 1. The molecule has 0 aliphatic heterocycles. The first-order valence-electron chi connectivity index (χ1n) is 7.39. The molecule has 0 fully saturated rings. The molecule has 0 radical (unpaired) electrons. The van der Waals surface area contributed by atoms with E-state index in [2.05, 4.69) is 14.7 Å². The van der Waals surface area contributed by atoms with Crippen LogP contribution in [-0.4, -0.2) is 46.8 Å². The topological polar surface area (TPSA) is 154 Å². The molecule has 0 saturated carbocycles. The fourth-order valence-electron chi connectivity index (χ4n) is 2.05. The van der Waals surface area contributed by atoms with E-state index in [1.54, 1.807) is 18.2 Å². The average molecular weight is 377 g/mol. The Hall–Kier alpha value is -3.89. The Bertz CT molecular complexity index is 951. The zero-order chi connectivity index (χ0) is 20.0. The fourth-order valence-corrected chi connectivity index (χ4v) is 2.05. The highest BCUT2D eigenvalue weighted by Gasteiger charge is 2.21. The second kappa shape index (κ2) is 8.47. The first-order chi connectivity index (χ1) is 12.9. The molecular weight excluding hydrogens is 362 g/mol. The van der Waals surface area contributed by atoms with Gasteiger partial charge in [-0.1, -0.05) is 12.1 Å². The van der Waals surface area contributed by atoms with Crippen LogP contribution in [0.4, 0.5) is 5.69 Å². The Balaban J connectivity index is 2.38. The third-order valence-corrected chi connectivity index (χ3v) is 3.29. The maximum Gasteiger partial charge on any atom is 0.395 e. The van der Waals surface area contributed by atoms with E-state index in [0.717, 1.165) is 0 Å². The van der Waals surface area contributed by atoms with E-state index in [9.17, 15) is 24.8 Å². The minimum absolute atomic E-state index is 0.121. The molecule has 0 aliphatic carbocycles. The number of aromatic nitrogens is 2. The molecule has 11 nitrogen and oxygen atoms in total. The van der Waals surface area contributed by atoms with Crippen molar-refractivity contribution < 1.29 is 29.0 Å². The van der Waals surface area contributed by atoms with Crippen molar-refractivity contribution in [2.45, 2.75) is 0 Å². The highest BCUT2D eigenvalue weighted by Crippen LogP contribution is 2.32. The lowest BCUT2D eigenvalue weighted by molar-refractivity contribution is -0.387. The number of para-hydroxylation sites is 1. The van der Waals surface area contributed by atoms with E-state index < -0.39 is 28.0 Å². The Morgan fingerprint density at radius 1 is 1.37 bits per heavy atom. The number of rotatable bonds is 7. The van der Waals surface area contributed by atoms with Crippen molar-refractivity contribution in [1.29, 1.82) is 0 Å². The van der Waals surface area contributed by atoms with Gasteiger partial charge in [-0.05, 0) is 18.2 Å². The van der Waals surface area contributed by atoms with Crippen molar-refractivity contribution in [3.05, 3.63) is 50.1 Å². The van der Waals surface area contributed by atoms with Gasteiger partial charge in [0.2, 0.25) is 0 Å². The van der Waals surface area contributed by atoms with Gasteiger partial charge in [0.25, 0.3) is 5.88 Å². The molecule has 1 heterocycles. The van der Waals surface area contributed by atoms with Crippen molar-refractivity contribution >= 4 is 23.8 Å². The molecule has 0 atom stereocenters. The number of hydrogen-bond donors (Lipinski definition) is 2. The minimum atomic E-state index is -1.10. The quantitative estimate of drug-likeness (QED) is 0.410. The normalized spacial score (nSPS) is 10.6. The molecule has 0 spiro atoms. The zero-order valence-corrected chi connectivity index (χ0v) is 14.3. The molecule has 1 aromatic carbocycles. The second-order valence-corrected chi connectivity index (χ2v) is 4.96. The summed E-state index contributed by atoms with van der Waals surface area (Å²) in [5, 5.41) is 20.2. The summed E-state index contributed by atoms with van der Waals surface area (Å²) in [4.78, 5) is 38.4. The SMILES string of the molecule is COC(=O)COc1c(/C=C\c2nc(O)c([N+](=O)[O-])c(=O)[nH]2)cccc1OC. The van der Waals surface area contributed by atoms with Gasteiger partial charge >= 0.3 is 17.2 Å². The number of H-pyrrole nitrogens is 1. The number of nitrogens with zero attached hydrogens (tertiary/aromatic N) is 2. The summed E-state index contributed by atoms with van der Waals surface area (Å²) in [6.07, 6.45) is 2.75. The predicted octanol–water partition coefficient (Wildman–Crippen LogP) is 1.11. The third kappa shape index (κ3) is 4.60. The molecular formula is C16H15N3O8. The number of aromatic amines is 1. The molecule has 0 amide bonds. The van der Waals surface area contributed by atoms with Crippen LogP contribution < -0.4 is 15.0 Å². The summed E-state index contributed by atoms with van der Waals surface area (Å²) >= 11 is 0. The van der Waals surface area contributed by atoms with Crippen LogP contribution >= 0.6 is 0 Å². The maximum absolute atomic E-state index is 11.7. The van der Waals surface area contributed by atoms with Gasteiger partial charge < -0.3 is 24.3 Å². The summed E-state index contributed by atoms with van der Waals surface area (Å²) < 4.78 is 15.1. The van der Waals surface area contributed by atoms with Crippen LogP contribution in [0.5, 0.6) is 17.4 Å². The van der Waals surface area contributed by atoms with Crippen LogP contribution in [0, 0.1) is 10.1 Å². The number of carbonyl (C=O) groups excluding carboxylic acids is 1. The summed E-state index contributed by atoms with van der Waals surface area (Å²) in [7, 11) is 2.64. The molecule has 27 heavy (non-hydrogen) atoms. The lowest BCUT2D eigenvalue weighted by Gasteiger charge is -2.12. The smallest absolute Gasteiger partial charge is 0.395 e. The standard InChI is InChI=1S/C16H15N3O8/c1-25-10-5-3-4-9(14(10)27-8-12(20)26-2)6-7-11-17-15(21)13(19(23)24)16(22)18-11/h3-7H,8H2,1-2H3,(H2,17,18,21,22)/b7-6-. The van der Waals surface area contributed by atoms with Gasteiger partial charge in [0.1, 0.15) is 5.82 Å². The Morgan fingerprint density at radius 2 is 2.11 bits per heavy atom. The van der Waals surface area contributed by atoms with E-state index in [-0.39, 0.29) is 18.2 Å². The summed E-state index contributed by atoms with van der Waals surface area (Å²) in [6.45, 7) is -0.356. The van der Waals surface area contributed by atoms with Crippen LogP contribution in [0.25, 0.3) is 12.2 Å². The van der Waals surface area contributed by atoms with Crippen LogP contribution in [0.1, 0.15) is 11.4 Å². The van der Waals surface area contributed by atoms with Gasteiger partial charge in [0.15, 0.2) is 18.1 Å². The lowest BCUT2D eigenvalue weighted by atomic mass is 10.1. The van der Waals surface area contributed by atoms with Crippen molar-refractivity contribution in [3.8, 4) is 17.4 Å². The number of hydrogen-bond acceptors (Lipinski definition) is 9. The Morgan fingerprint density at radius 3 is 2.70 bits per heavy atom. The van der Waals surface area contributed by atoms with Crippen molar-refractivity contribution in [2.75, 3.05) is 20.8 Å². The molecule has 1 aromatic heterocycles. The molecule has 0 bridgehead atoms. The molecule has 2 rings (SSSR count). The van der Waals surface area contributed by atoms with Crippen molar-refractivity contribution in [2.24, 2.45) is 0 Å². The third-order valence-electron chi connectivity index (χ3n) is 3.29. The highest BCUT2D eigenvalue weighted by molar-refractivity contribution is 5.74. The van der Waals surface area contributed by atoms with Crippen molar-refractivity contribution in [3.63, 3.8) is 0 Å². The van der Waals surface area contributed by atoms with Gasteiger partial charge in [-0.25, -0.2) is 4.79 Å². The second-order valence-electron chi connectivity index (χ2n) is 4.96. The maximum atomic E-state index is 11.7. The summed E-state index contributed by atoms with van der Waals surface area (Å²) in [6, 6.07) is 4.91. The molecule has 0 aliphatic rings. The van der Waals surface area contributed by atoms with Crippen LogP contribution in [0.2, 0.25) is 0 Å². The van der Waals surface area contributed by atoms with E-state index in [4.69, 9.17) is 9.47 Å². The van der Waals surface area contributed by atoms with E-state index in [1.807, 2.05) is 0 Å². The fraction of sp³-hybridized carbons (Fsp3) is 0.188. The number of methoxy groups -OCH3 is 2. The average Bonchev–Trinajstić information content (AvgIpc) is 2.63. The Labute approximate surface area is 152 Å². The first-order valence-corrected chi connectivity index (χ1v) is 7.39. The zero-order valence-electron chi connectivity index (χ0n) is 14.3. The number of nitro groups is 1. The van der Waals surface area contributed by atoms with Gasteiger partial charge in [0.05, 0.1) is 19.1 Å². The lowest BCUT2D eigenvalue weighted by Crippen LogP contribution is -2.14. The summed E-state index contributed by atoms with van der Waals surface area (Å²) in [5.74, 6) is -1.15. The predicted molar refractivity (Wildman–Crippen MR) is 92.6 cm³/mol. The number of aromatic hydroxyl groups is 1. The number of esters is 1. The number of benzene rings is 1. The molecule has 142 valence electrons. The van der Waals surface area contributed by atoms with E-state index in [1.165, 1.54) is 26.4 Å². The Kier molecular flexibility index (Phi) is 6.10. The van der Waals surface area contributed by atoms with Crippen molar-refractivity contribution in [1.82, 2.24) is 9.97 Å². The molecule has 0 unspecified atom stereocenters. The largest absolute Gasteiger partial charge is 0.493 e. The minimum Gasteiger partial charge on any atom is -0.493 e. The monoisotopic (exact) mass is 377 g/mol. The molecule has 11 heteroatoms. The van der Waals surface area contributed by atoms with Gasteiger partial charge in [-0.2, -0.15) is 4.98 Å². The van der Waals surface area contributed by atoms with Gasteiger partial charge in [-0.3, -0.25) is 14.9 Å².